The highest BCUT2D eigenvalue weighted by Crippen LogP contribution is 2.50. The highest BCUT2D eigenvalue weighted by atomic mass is 19.1. The molecule has 3 fully saturated rings. The number of halogens is 1. The molecule has 122 valence electrons. The Balaban J connectivity index is 1.47. The average molecular weight is 316 g/mol. The standard InChI is InChI=1S/C19H21FO3/c20-14-9-13-1-2-15(17(13)16(21)10-14)18(22)23-11-19-6-3-12(4-7-19)5-8-19/h2,9-10,12,21H,1,3-8,11H2. The summed E-state index contributed by atoms with van der Waals surface area (Å²) in [5.74, 6) is -0.185. The summed E-state index contributed by atoms with van der Waals surface area (Å²) in [6.45, 7) is 0.465. The van der Waals surface area contributed by atoms with Gasteiger partial charge in [0.25, 0.3) is 0 Å². The summed E-state index contributed by atoms with van der Waals surface area (Å²) in [6.07, 6.45) is 9.39. The second-order valence-corrected chi connectivity index (χ2v) is 7.34. The van der Waals surface area contributed by atoms with E-state index in [0.717, 1.165) is 31.2 Å². The first kappa shape index (κ1) is 14.7. The number of allylic oxidation sites excluding steroid dienone is 1. The fourth-order valence-corrected chi connectivity index (χ4v) is 4.47. The predicted molar refractivity (Wildman–Crippen MR) is 84.3 cm³/mol. The number of benzene rings is 1. The molecule has 0 atom stereocenters. The van der Waals surface area contributed by atoms with Crippen LogP contribution in [0.4, 0.5) is 4.39 Å². The predicted octanol–water partition coefficient (Wildman–Crippen LogP) is 3.98. The monoisotopic (exact) mass is 316 g/mol. The molecule has 2 bridgehead atoms. The van der Waals surface area contributed by atoms with Crippen molar-refractivity contribution in [3.05, 3.63) is 35.2 Å². The van der Waals surface area contributed by atoms with Crippen LogP contribution in [0.15, 0.2) is 18.2 Å². The van der Waals surface area contributed by atoms with E-state index in [1.54, 1.807) is 6.08 Å². The SMILES string of the molecule is O=C(OCC12CCC(CC1)CC2)C1=CCc2cc(F)cc(O)c21. The van der Waals surface area contributed by atoms with Crippen molar-refractivity contribution in [3.8, 4) is 5.75 Å². The van der Waals surface area contributed by atoms with Crippen LogP contribution in [-0.4, -0.2) is 17.7 Å². The van der Waals surface area contributed by atoms with Gasteiger partial charge in [0, 0.05) is 17.0 Å². The molecule has 4 aliphatic rings. The van der Waals surface area contributed by atoms with E-state index in [2.05, 4.69) is 0 Å². The van der Waals surface area contributed by atoms with Crippen molar-refractivity contribution in [2.45, 2.75) is 44.9 Å². The minimum atomic E-state index is -0.484. The molecular weight excluding hydrogens is 295 g/mol. The van der Waals surface area contributed by atoms with Gasteiger partial charge in [-0.2, -0.15) is 0 Å². The number of fused-ring (bicyclic) bond motifs is 4. The number of esters is 1. The highest BCUT2D eigenvalue weighted by molar-refractivity contribution is 6.19. The zero-order valence-electron chi connectivity index (χ0n) is 13.1. The molecule has 0 amide bonds. The third kappa shape index (κ3) is 2.54. The zero-order valence-corrected chi connectivity index (χ0v) is 13.1. The van der Waals surface area contributed by atoms with Crippen molar-refractivity contribution in [1.29, 1.82) is 0 Å². The lowest BCUT2D eigenvalue weighted by Crippen LogP contribution is -2.38. The van der Waals surface area contributed by atoms with Crippen LogP contribution >= 0.6 is 0 Å². The Labute approximate surface area is 135 Å². The van der Waals surface area contributed by atoms with Crippen LogP contribution in [0.25, 0.3) is 5.57 Å². The minimum Gasteiger partial charge on any atom is -0.507 e. The number of carbonyl (C=O) groups excluding carboxylic acids is 1. The van der Waals surface area contributed by atoms with Crippen LogP contribution in [0.2, 0.25) is 0 Å². The molecule has 0 aromatic heterocycles. The molecule has 4 aliphatic carbocycles. The number of phenols is 1. The van der Waals surface area contributed by atoms with E-state index < -0.39 is 11.8 Å². The molecule has 23 heavy (non-hydrogen) atoms. The Morgan fingerprint density at radius 3 is 2.65 bits per heavy atom. The number of carbonyl (C=O) groups is 1. The summed E-state index contributed by atoms with van der Waals surface area (Å²) >= 11 is 0. The molecule has 3 saturated carbocycles. The zero-order chi connectivity index (χ0) is 16.0. The molecule has 1 aromatic carbocycles. The second-order valence-electron chi connectivity index (χ2n) is 7.34. The van der Waals surface area contributed by atoms with Crippen molar-refractivity contribution < 1.29 is 19.0 Å². The van der Waals surface area contributed by atoms with Gasteiger partial charge in [-0.15, -0.1) is 0 Å². The van der Waals surface area contributed by atoms with Gasteiger partial charge in [-0.25, -0.2) is 9.18 Å². The summed E-state index contributed by atoms with van der Waals surface area (Å²) in [4.78, 5) is 12.5. The van der Waals surface area contributed by atoms with Crippen LogP contribution in [0.1, 0.15) is 49.7 Å². The number of rotatable bonds is 3. The molecule has 0 unspecified atom stereocenters. The van der Waals surface area contributed by atoms with Gasteiger partial charge in [-0.1, -0.05) is 6.08 Å². The van der Waals surface area contributed by atoms with E-state index in [-0.39, 0.29) is 11.2 Å². The maximum absolute atomic E-state index is 13.3. The molecule has 0 aliphatic heterocycles. The minimum absolute atomic E-state index is 0.164. The summed E-state index contributed by atoms with van der Waals surface area (Å²) in [7, 11) is 0. The fourth-order valence-electron chi connectivity index (χ4n) is 4.47. The fraction of sp³-hybridized carbons (Fsp3) is 0.526. The number of hydrogen-bond acceptors (Lipinski definition) is 3. The topological polar surface area (TPSA) is 46.5 Å². The van der Waals surface area contributed by atoms with E-state index >= 15 is 0 Å². The van der Waals surface area contributed by atoms with Gasteiger partial charge in [0.1, 0.15) is 11.6 Å². The first-order chi connectivity index (χ1) is 11.1. The van der Waals surface area contributed by atoms with Crippen molar-refractivity contribution in [1.82, 2.24) is 0 Å². The smallest absolute Gasteiger partial charge is 0.338 e. The molecule has 1 N–H and O–H groups in total. The first-order valence-corrected chi connectivity index (χ1v) is 8.45. The molecule has 0 spiro atoms. The van der Waals surface area contributed by atoms with Crippen LogP contribution < -0.4 is 0 Å². The lowest BCUT2D eigenvalue weighted by atomic mass is 9.61. The number of hydrogen-bond donors (Lipinski definition) is 1. The Kier molecular flexibility index (Phi) is 3.43. The van der Waals surface area contributed by atoms with Gasteiger partial charge in [0.05, 0.1) is 12.2 Å². The molecular formula is C19H21FO3. The van der Waals surface area contributed by atoms with Gasteiger partial charge in [-0.05, 0) is 62.5 Å². The summed E-state index contributed by atoms with van der Waals surface area (Å²) < 4.78 is 19.0. The largest absolute Gasteiger partial charge is 0.507 e. The van der Waals surface area contributed by atoms with Gasteiger partial charge >= 0.3 is 5.97 Å². The molecule has 1 aromatic rings. The Bertz CT molecular complexity index is 670. The van der Waals surface area contributed by atoms with E-state index in [1.165, 1.54) is 25.3 Å². The second kappa shape index (κ2) is 5.36. The Hall–Kier alpha value is -1.84. The normalized spacial score (nSPS) is 28.4. The lowest BCUT2D eigenvalue weighted by Gasteiger charge is -2.46. The van der Waals surface area contributed by atoms with Gasteiger partial charge in [0.2, 0.25) is 0 Å². The number of ether oxygens (including phenoxy) is 1. The van der Waals surface area contributed by atoms with E-state index in [4.69, 9.17) is 4.74 Å². The molecule has 3 nitrogen and oxygen atoms in total. The lowest BCUT2D eigenvalue weighted by molar-refractivity contribution is -0.142. The van der Waals surface area contributed by atoms with Gasteiger partial charge in [0.15, 0.2) is 0 Å². The third-order valence-electron chi connectivity index (χ3n) is 5.94. The highest BCUT2D eigenvalue weighted by Gasteiger charge is 2.41. The molecule has 5 rings (SSSR count). The van der Waals surface area contributed by atoms with Crippen molar-refractivity contribution in [2.24, 2.45) is 11.3 Å². The van der Waals surface area contributed by atoms with E-state index in [9.17, 15) is 14.3 Å². The van der Waals surface area contributed by atoms with Gasteiger partial charge in [-0.3, -0.25) is 0 Å². The van der Waals surface area contributed by atoms with Crippen molar-refractivity contribution in [3.63, 3.8) is 0 Å². The molecule has 0 saturated heterocycles. The van der Waals surface area contributed by atoms with Crippen LogP contribution in [0.3, 0.4) is 0 Å². The van der Waals surface area contributed by atoms with E-state index in [1.807, 2.05) is 0 Å². The first-order valence-electron chi connectivity index (χ1n) is 8.45. The van der Waals surface area contributed by atoms with Crippen LogP contribution in [0.5, 0.6) is 5.75 Å². The maximum Gasteiger partial charge on any atom is 0.338 e. The van der Waals surface area contributed by atoms with Crippen molar-refractivity contribution in [2.75, 3.05) is 6.61 Å². The third-order valence-corrected chi connectivity index (χ3v) is 5.94. The van der Waals surface area contributed by atoms with Crippen molar-refractivity contribution >= 4 is 11.5 Å². The molecule has 0 heterocycles. The maximum atomic E-state index is 13.3. The average Bonchev–Trinajstić information content (AvgIpc) is 2.98. The van der Waals surface area contributed by atoms with E-state index in [0.29, 0.717) is 29.7 Å². The van der Waals surface area contributed by atoms with Crippen LogP contribution in [-0.2, 0) is 16.0 Å². The van der Waals surface area contributed by atoms with Gasteiger partial charge < -0.3 is 9.84 Å². The summed E-state index contributed by atoms with van der Waals surface area (Å²) in [5, 5.41) is 9.96. The number of phenolic OH excluding ortho intramolecular Hbond substituents is 1. The molecule has 4 heteroatoms. The molecule has 0 radical (unpaired) electrons. The number of aromatic hydroxyl groups is 1. The van der Waals surface area contributed by atoms with Crippen LogP contribution in [0, 0.1) is 17.2 Å². The Morgan fingerprint density at radius 1 is 1.26 bits per heavy atom. The quantitative estimate of drug-likeness (QED) is 0.858. The Morgan fingerprint density at radius 2 is 1.96 bits per heavy atom. The summed E-state index contributed by atoms with van der Waals surface area (Å²) in [6, 6.07) is 2.42. The summed E-state index contributed by atoms with van der Waals surface area (Å²) in [5.41, 5.74) is 1.61.